The van der Waals surface area contributed by atoms with Gasteiger partial charge in [-0.05, 0) is 37.8 Å². The Morgan fingerprint density at radius 2 is 2.11 bits per heavy atom. The Kier molecular flexibility index (Phi) is 2.37. The van der Waals surface area contributed by atoms with E-state index in [1.54, 1.807) is 6.07 Å². The quantitative estimate of drug-likeness (QED) is 0.695. The maximum Gasteiger partial charge on any atom is 0.250 e. The van der Waals surface area contributed by atoms with Gasteiger partial charge < -0.3 is 4.57 Å². The molecule has 2 saturated heterocycles. The fourth-order valence-electron chi connectivity index (χ4n) is 4.39. The third kappa shape index (κ3) is 1.50. The third-order valence-electron chi connectivity index (χ3n) is 5.17. The molecule has 2 bridgehead atoms. The molecule has 1 aromatic rings. The first-order valence-corrected chi connectivity index (χ1v) is 7.27. The van der Waals surface area contributed by atoms with Gasteiger partial charge in [-0.2, -0.15) is 0 Å². The van der Waals surface area contributed by atoms with E-state index in [1.165, 1.54) is 44.5 Å². The van der Waals surface area contributed by atoms with Crippen molar-refractivity contribution in [2.75, 3.05) is 13.1 Å². The van der Waals surface area contributed by atoms with Gasteiger partial charge in [0.2, 0.25) is 0 Å². The summed E-state index contributed by atoms with van der Waals surface area (Å²) in [4.78, 5) is 14.7. The van der Waals surface area contributed by atoms with Crippen LogP contribution in [0.2, 0.25) is 0 Å². The lowest BCUT2D eigenvalue weighted by Gasteiger charge is -2.50. The number of hydrogen-bond acceptors (Lipinski definition) is 2. The van der Waals surface area contributed by atoms with E-state index < -0.39 is 0 Å². The summed E-state index contributed by atoms with van der Waals surface area (Å²) in [5, 5.41) is 0. The molecule has 4 rings (SSSR count). The van der Waals surface area contributed by atoms with Crippen molar-refractivity contribution >= 4 is 0 Å². The van der Waals surface area contributed by atoms with Crippen LogP contribution < -0.4 is 5.56 Å². The summed E-state index contributed by atoms with van der Waals surface area (Å²) in [6.45, 7) is 3.39. The summed E-state index contributed by atoms with van der Waals surface area (Å²) >= 11 is 0. The number of hydrogen-bond donors (Lipinski definition) is 0. The standard InChI is InChI=1S/C15H20N2O/c18-15-6-3-5-14-11-8-12(10-17(14)15)13-4-1-2-7-16(13)9-11/h3,5-6,11-13H,1-2,4,7-10H2/t11-,12+,13+/m0/s1. The maximum atomic E-state index is 12.0. The predicted octanol–water partition coefficient (Wildman–Crippen LogP) is 1.82. The molecule has 0 amide bonds. The molecule has 0 aromatic carbocycles. The van der Waals surface area contributed by atoms with Crippen molar-refractivity contribution in [1.29, 1.82) is 0 Å². The van der Waals surface area contributed by atoms with Gasteiger partial charge in [-0.25, -0.2) is 0 Å². The minimum Gasteiger partial charge on any atom is -0.312 e. The van der Waals surface area contributed by atoms with Crippen LogP contribution in [0.15, 0.2) is 23.0 Å². The number of nitrogens with zero attached hydrogens (tertiary/aromatic N) is 2. The second-order valence-corrected chi connectivity index (χ2v) is 6.15. The largest absolute Gasteiger partial charge is 0.312 e. The molecule has 4 heterocycles. The van der Waals surface area contributed by atoms with Gasteiger partial charge in [0.1, 0.15) is 0 Å². The Morgan fingerprint density at radius 1 is 1.17 bits per heavy atom. The lowest BCUT2D eigenvalue weighted by molar-refractivity contribution is 0.0248. The molecule has 3 aliphatic rings. The molecular formula is C15H20N2O. The minimum atomic E-state index is 0.200. The van der Waals surface area contributed by atoms with E-state index in [9.17, 15) is 4.79 Å². The van der Waals surface area contributed by atoms with E-state index in [1.807, 2.05) is 10.6 Å². The van der Waals surface area contributed by atoms with Gasteiger partial charge in [-0.15, -0.1) is 0 Å². The lowest BCUT2D eigenvalue weighted by atomic mass is 9.75. The number of pyridine rings is 1. The Morgan fingerprint density at radius 3 is 3.06 bits per heavy atom. The Balaban J connectivity index is 1.76. The Hall–Kier alpha value is -1.09. The van der Waals surface area contributed by atoms with Crippen molar-refractivity contribution < 1.29 is 0 Å². The van der Waals surface area contributed by atoms with E-state index in [0.717, 1.165) is 12.6 Å². The highest BCUT2D eigenvalue weighted by atomic mass is 16.1. The van der Waals surface area contributed by atoms with Gasteiger partial charge in [0.25, 0.3) is 5.56 Å². The molecule has 0 N–H and O–H groups in total. The van der Waals surface area contributed by atoms with Crippen LogP contribution in [0.25, 0.3) is 0 Å². The lowest BCUT2D eigenvalue weighted by Crippen LogP contribution is -2.54. The summed E-state index contributed by atoms with van der Waals surface area (Å²) in [5.41, 5.74) is 1.48. The highest BCUT2D eigenvalue weighted by Gasteiger charge is 2.41. The fourth-order valence-corrected chi connectivity index (χ4v) is 4.39. The SMILES string of the molecule is O=c1cccc2n1C[C@H]1C[C@H]2CN2CCCC[C@H]12. The van der Waals surface area contributed by atoms with E-state index in [4.69, 9.17) is 0 Å². The van der Waals surface area contributed by atoms with Crippen LogP contribution in [-0.4, -0.2) is 28.6 Å². The average Bonchev–Trinajstić information content (AvgIpc) is 2.40. The summed E-state index contributed by atoms with van der Waals surface area (Å²) < 4.78 is 2.05. The molecule has 3 nitrogen and oxygen atoms in total. The molecule has 18 heavy (non-hydrogen) atoms. The second-order valence-electron chi connectivity index (χ2n) is 6.15. The second kappa shape index (κ2) is 3.95. The third-order valence-corrected chi connectivity index (χ3v) is 5.17. The van der Waals surface area contributed by atoms with Gasteiger partial charge in [0.05, 0.1) is 0 Å². The van der Waals surface area contributed by atoms with Gasteiger partial charge in [-0.1, -0.05) is 12.5 Å². The highest BCUT2D eigenvalue weighted by molar-refractivity contribution is 5.18. The van der Waals surface area contributed by atoms with Gasteiger partial charge in [-0.3, -0.25) is 9.69 Å². The van der Waals surface area contributed by atoms with Gasteiger partial charge in [0.15, 0.2) is 0 Å². The molecule has 0 unspecified atom stereocenters. The topological polar surface area (TPSA) is 25.2 Å². The van der Waals surface area contributed by atoms with E-state index >= 15 is 0 Å². The maximum absolute atomic E-state index is 12.0. The van der Waals surface area contributed by atoms with Gasteiger partial charge in [0, 0.05) is 36.8 Å². The van der Waals surface area contributed by atoms with Crippen molar-refractivity contribution in [3.05, 3.63) is 34.2 Å². The molecule has 0 radical (unpaired) electrons. The molecule has 3 heteroatoms. The van der Waals surface area contributed by atoms with Crippen molar-refractivity contribution in [3.8, 4) is 0 Å². The van der Waals surface area contributed by atoms with Crippen LogP contribution in [-0.2, 0) is 6.54 Å². The molecule has 1 aromatic heterocycles. The monoisotopic (exact) mass is 244 g/mol. The van der Waals surface area contributed by atoms with Gasteiger partial charge >= 0.3 is 0 Å². The van der Waals surface area contributed by atoms with Crippen molar-refractivity contribution in [1.82, 2.24) is 9.47 Å². The molecule has 96 valence electrons. The van der Waals surface area contributed by atoms with E-state index in [0.29, 0.717) is 11.8 Å². The zero-order valence-corrected chi connectivity index (χ0v) is 10.7. The molecule has 3 aliphatic heterocycles. The zero-order valence-electron chi connectivity index (χ0n) is 10.7. The number of aromatic nitrogens is 1. The Bertz CT molecular complexity index is 521. The van der Waals surface area contributed by atoms with Crippen molar-refractivity contribution in [3.63, 3.8) is 0 Å². The summed E-state index contributed by atoms with van der Waals surface area (Å²) in [6, 6.07) is 6.54. The van der Waals surface area contributed by atoms with Crippen LogP contribution in [0.5, 0.6) is 0 Å². The first-order chi connectivity index (χ1) is 8.83. The molecule has 3 atom stereocenters. The fraction of sp³-hybridized carbons (Fsp3) is 0.667. The normalized spacial score (nSPS) is 34.8. The molecular weight excluding hydrogens is 224 g/mol. The number of fused-ring (bicyclic) bond motifs is 6. The first kappa shape index (κ1) is 10.8. The highest BCUT2D eigenvalue weighted by Crippen LogP contribution is 2.41. The molecule has 0 saturated carbocycles. The first-order valence-electron chi connectivity index (χ1n) is 7.27. The predicted molar refractivity (Wildman–Crippen MR) is 70.8 cm³/mol. The van der Waals surface area contributed by atoms with E-state index in [-0.39, 0.29) is 5.56 Å². The molecule has 0 spiro atoms. The van der Waals surface area contributed by atoms with Crippen LogP contribution in [0.3, 0.4) is 0 Å². The van der Waals surface area contributed by atoms with Crippen LogP contribution in [0.1, 0.15) is 37.3 Å². The van der Waals surface area contributed by atoms with Crippen LogP contribution >= 0.6 is 0 Å². The summed E-state index contributed by atoms with van der Waals surface area (Å²) in [7, 11) is 0. The van der Waals surface area contributed by atoms with E-state index in [2.05, 4.69) is 11.0 Å². The minimum absolute atomic E-state index is 0.200. The molecule has 2 fully saturated rings. The summed E-state index contributed by atoms with van der Waals surface area (Å²) in [6.07, 6.45) is 5.37. The summed E-state index contributed by atoms with van der Waals surface area (Å²) in [5.74, 6) is 1.30. The van der Waals surface area contributed by atoms with Crippen molar-refractivity contribution in [2.24, 2.45) is 5.92 Å². The van der Waals surface area contributed by atoms with Crippen LogP contribution in [0, 0.1) is 5.92 Å². The zero-order chi connectivity index (χ0) is 12.1. The average molecular weight is 244 g/mol. The molecule has 0 aliphatic carbocycles. The number of rotatable bonds is 0. The smallest absolute Gasteiger partial charge is 0.250 e. The van der Waals surface area contributed by atoms with Crippen molar-refractivity contribution in [2.45, 2.75) is 44.2 Å². The van der Waals surface area contributed by atoms with Crippen LogP contribution in [0.4, 0.5) is 0 Å². The Labute approximate surface area is 107 Å². The number of piperidine rings is 2.